The summed E-state index contributed by atoms with van der Waals surface area (Å²) in [5.74, 6) is -1.24. The van der Waals surface area contributed by atoms with Gasteiger partial charge < -0.3 is 11.1 Å². The predicted octanol–water partition coefficient (Wildman–Crippen LogP) is 4.95. The summed E-state index contributed by atoms with van der Waals surface area (Å²) in [4.78, 5) is 26.5. The Bertz CT molecular complexity index is 1530. The number of carbonyl (C=O) groups excluding carboxylic acids is 2. The zero-order valence-corrected chi connectivity index (χ0v) is 24.5. The molecular weight excluding hydrogens is 546 g/mol. The monoisotopic (exact) mass is 579 g/mol. The Morgan fingerprint density at radius 1 is 0.975 bits per heavy atom. The number of rotatable bonds is 8. The van der Waals surface area contributed by atoms with Crippen LogP contribution in [0.1, 0.15) is 43.5 Å². The van der Waals surface area contributed by atoms with Gasteiger partial charge in [-0.3, -0.25) is 9.59 Å². The molecule has 7 nitrogen and oxygen atoms in total. The van der Waals surface area contributed by atoms with Crippen molar-refractivity contribution in [2.45, 2.75) is 57.1 Å². The molecule has 3 aromatic carbocycles. The fourth-order valence-electron chi connectivity index (χ4n) is 5.00. The minimum atomic E-state index is -4.09. The fourth-order valence-corrected chi connectivity index (χ4v) is 7.26. The van der Waals surface area contributed by atoms with Gasteiger partial charge in [0, 0.05) is 23.1 Å². The van der Waals surface area contributed by atoms with E-state index in [1.807, 2.05) is 51.1 Å². The first kappa shape index (κ1) is 29.5. The molecule has 0 saturated carbocycles. The molecule has 0 spiro atoms. The van der Waals surface area contributed by atoms with Gasteiger partial charge in [-0.05, 0) is 47.2 Å². The molecule has 40 heavy (non-hydrogen) atoms. The van der Waals surface area contributed by atoms with E-state index in [2.05, 4.69) is 5.32 Å². The number of hydrogen-bond donors (Lipinski definition) is 2. The molecule has 2 amide bonds. The summed E-state index contributed by atoms with van der Waals surface area (Å²) < 4.78 is 30.1. The predicted molar refractivity (Wildman–Crippen MR) is 157 cm³/mol. The van der Waals surface area contributed by atoms with Gasteiger partial charge in [0.05, 0.1) is 10.9 Å². The van der Waals surface area contributed by atoms with Gasteiger partial charge in [-0.2, -0.15) is 4.31 Å². The number of primary amides is 1. The van der Waals surface area contributed by atoms with Gasteiger partial charge in [0.25, 0.3) is 0 Å². The molecule has 9 heteroatoms. The van der Waals surface area contributed by atoms with E-state index in [0.717, 1.165) is 5.56 Å². The van der Waals surface area contributed by atoms with E-state index in [1.54, 1.807) is 61.5 Å². The number of sulfonamides is 1. The number of halogens is 1. The number of nitrogens with one attached hydrogen (secondary N) is 1. The van der Waals surface area contributed by atoms with E-state index in [-0.39, 0.29) is 16.9 Å². The molecule has 3 N–H and O–H groups in total. The zero-order chi connectivity index (χ0) is 29.2. The summed E-state index contributed by atoms with van der Waals surface area (Å²) >= 11 is 6.17. The van der Waals surface area contributed by atoms with Gasteiger partial charge >= 0.3 is 0 Å². The van der Waals surface area contributed by atoms with Gasteiger partial charge in [0.15, 0.2) is 0 Å². The second-order valence-electron chi connectivity index (χ2n) is 11.1. The van der Waals surface area contributed by atoms with Crippen LogP contribution in [0.4, 0.5) is 0 Å². The maximum absolute atomic E-state index is 14.4. The smallest absolute Gasteiger partial charge is 0.249 e. The molecular formula is C31H34ClN3O4S. The third kappa shape index (κ3) is 6.14. The van der Waals surface area contributed by atoms with Crippen molar-refractivity contribution in [1.82, 2.24) is 9.62 Å². The number of carbonyl (C=O) groups is 2. The van der Waals surface area contributed by atoms with Crippen LogP contribution in [0.3, 0.4) is 0 Å². The number of aryl methyl sites for hydroxylation is 1. The van der Waals surface area contributed by atoms with Gasteiger partial charge in [-0.25, -0.2) is 8.42 Å². The van der Waals surface area contributed by atoms with Crippen LogP contribution in [0.2, 0.25) is 5.02 Å². The zero-order valence-electron chi connectivity index (χ0n) is 23.0. The molecule has 210 valence electrons. The highest BCUT2D eigenvalue weighted by Gasteiger charge is 2.50. The minimum Gasteiger partial charge on any atom is -0.368 e. The third-order valence-electron chi connectivity index (χ3n) is 7.08. The second-order valence-corrected chi connectivity index (χ2v) is 13.4. The van der Waals surface area contributed by atoms with Crippen LogP contribution in [0.15, 0.2) is 95.4 Å². The fraction of sp³-hybridized carbons (Fsp3) is 0.290. The maximum atomic E-state index is 14.4. The molecule has 3 atom stereocenters. The number of amides is 2. The van der Waals surface area contributed by atoms with Crippen molar-refractivity contribution in [3.05, 3.63) is 112 Å². The van der Waals surface area contributed by atoms with Crippen molar-refractivity contribution >= 4 is 33.4 Å². The second kappa shape index (κ2) is 11.6. The average Bonchev–Trinajstić information content (AvgIpc) is 3.32. The molecule has 4 rings (SSSR count). The maximum Gasteiger partial charge on any atom is 0.249 e. The summed E-state index contributed by atoms with van der Waals surface area (Å²) in [6.07, 6.45) is 1.90. The lowest BCUT2D eigenvalue weighted by Crippen LogP contribution is -2.48. The molecule has 0 bridgehead atoms. The molecule has 0 saturated heterocycles. The van der Waals surface area contributed by atoms with Gasteiger partial charge in [-0.1, -0.05) is 99.1 Å². The third-order valence-corrected chi connectivity index (χ3v) is 9.34. The molecule has 1 aliphatic heterocycles. The van der Waals surface area contributed by atoms with E-state index >= 15 is 0 Å². The Morgan fingerprint density at radius 3 is 2.15 bits per heavy atom. The van der Waals surface area contributed by atoms with Crippen LogP contribution in [-0.2, 0) is 26.0 Å². The Balaban J connectivity index is 1.82. The lowest BCUT2D eigenvalue weighted by atomic mass is 9.87. The highest BCUT2D eigenvalue weighted by atomic mass is 35.5. The van der Waals surface area contributed by atoms with Crippen LogP contribution in [-0.4, -0.2) is 36.6 Å². The van der Waals surface area contributed by atoms with Gasteiger partial charge in [0.1, 0.15) is 6.04 Å². The van der Waals surface area contributed by atoms with E-state index in [0.29, 0.717) is 16.1 Å². The number of hydrogen-bond acceptors (Lipinski definition) is 4. The van der Waals surface area contributed by atoms with Gasteiger partial charge in [-0.15, -0.1) is 0 Å². The number of benzene rings is 3. The van der Waals surface area contributed by atoms with Crippen molar-refractivity contribution in [1.29, 1.82) is 0 Å². The molecule has 0 aliphatic carbocycles. The van der Waals surface area contributed by atoms with Crippen molar-refractivity contribution < 1.29 is 18.0 Å². The Labute approximate surface area is 241 Å². The quantitative estimate of drug-likeness (QED) is 0.393. The standard InChI is InChI=1S/C31H34ClN3O4S/c1-20-10-8-9-13-26(20)40(38,39)35-27(31(2,3)4)19-24(28(35)22-14-16-23(32)17-15-22)30(37)34-25(29(33)36)18-21-11-6-5-7-12-21/h5-17,19,25,27-28H,18H2,1-4H3,(H2,33,36)(H,34,37)/t25-,27+,28?/m1/s1. The molecule has 1 heterocycles. The number of nitrogens with zero attached hydrogens (tertiary/aromatic N) is 1. The number of nitrogens with two attached hydrogens (primary N) is 1. The van der Waals surface area contributed by atoms with Crippen molar-refractivity contribution in [3.8, 4) is 0 Å². The Morgan fingerprint density at radius 2 is 1.57 bits per heavy atom. The molecule has 0 fully saturated rings. The first-order valence-electron chi connectivity index (χ1n) is 13.0. The van der Waals surface area contributed by atoms with Crippen molar-refractivity contribution in [2.24, 2.45) is 11.1 Å². The molecule has 0 radical (unpaired) electrons. The van der Waals surface area contributed by atoms with Crippen LogP contribution < -0.4 is 11.1 Å². The summed E-state index contributed by atoms with van der Waals surface area (Å²) in [6.45, 7) is 7.52. The molecule has 1 unspecified atom stereocenters. The topological polar surface area (TPSA) is 110 Å². The average molecular weight is 580 g/mol. The lowest BCUT2D eigenvalue weighted by Gasteiger charge is -2.37. The Kier molecular flexibility index (Phi) is 8.54. The van der Waals surface area contributed by atoms with E-state index in [1.165, 1.54) is 4.31 Å². The van der Waals surface area contributed by atoms with Gasteiger partial charge in [0.2, 0.25) is 21.8 Å². The van der Waals surface area contributed by atoms with E-state index in [9.17, 15) is 18.0 Å². The SMILES string of the molecule is Cc1ccccc1S(=O)(=O)N1C(c2ccc(Cl)cc2)C(C(=O)N[C@H](Cc2ccccc2)C(N)=O)=C[C@H]1C(C)(C)C. The van der Waals surface area contributed by atoms with Crippen LogP contribution in [0, 0.1) is 12.3 Å². The van der Waals surface area contributed by atoms with Crippen LogP contribution in [0.5, 0.6) is 0 Å². The highest BCUT2D eigenvalue weighted by molar-refractivity contribution is 7.89. The normalized spacial score (nSPS) is 18.7. The Hall–Kier alpha value is -3.46. The van der Waals surface area contributed by atoms with Crippen LogP contribution in [0.25, 0.3) is 0 Å². The minimum absolute atomic E-state index is 0.164. The molecule has 1 aliphatic rings. The van der Waals surface area contributed by atoms with E-state index in [4.69, 9.17) is 17.3 Å². The van der Waals surface area contributed by atoms with Crippen molar-refractivity contribution in [3.63, 3.8) is 0 Å². The van der Waals surface area contributed by atoms with Crippen molar-refractivity contribution in [2.75, 3.05) is 0 Å². The summed E-state index contributed by atoms with van der Waals surface area (Å²) in [5.41, 5.74) is 7.34. The summed E-state index contributed by atoms with van der Waals surface area (Å²) in [7, 11) is -4.09. The van der Waals surface area contributed by atoms with E-state index < -0.39 is 45.4 Å². The first-order chi connectivity index (χ1) is 18.8. The van der Waals surface area contributed by atoms with Crippen LogP contribution >= 0.6 is 11.6 Å². The molecule has 3 aromatic rings. The highest BCUT2D eigenvalue weighted by Crippen LogP contribution is 2.46. The summed E-state index contributed by atoms with van der Waals surface area (Å²) in [5, 5.41) is 3.26. The molecule has 0 aromatic heterocycles. The lowest BCUT2D eigenvalue weighted by molar-refractivity contribution is -0.125. The summed E-state index contributed by atoms with van der Waals surface area (Å²) in [6, 6.07) is 20.2. The first-order valence-corrected chi connectivity index (χ1v) is 14.8. The largest absolute Gasteiger partial charge is 0.368 e.